The van der Waals surface area contributed by atoms with E-state index in [9.17, 15) is 9.18 Å². The van der Waals surface area contributed by atoms with Crippen LogP contribution in [0, 0.1) is 12.7 Å². The van der Waals surface area contributed by atoms with E-state index in [0.29, 0.717) is 6.54 Å². The molecule has 0 radical (unpaired) electrons. The number of carbonyl (C=O) groups excluding carboxylic acids is 1. The highest BCUT2D eigenvalue weighted by molar-refractivity contribution is 5.70. The van der Waals surface area contributed by atoms with Gasteiger partial charge in [-0.05, 0) is 36.7 Å². The van der Waals surface area contributed by atoms with Crippen LogP contribution in [-0.4, -0.2) is 19.6 Å². The quantitative estimate of drug-likeness (QED) is 0.794. The lowest BCUT2D eigenvalue weighted by Gasteiger charge is -2.16. The number of halogens is 1. The fraction of sp³-hybridized carbons (Fsp3) is 0.417. The molecular weight excluding hydrogens is 209 g/mol. The third-order valence-electron chi connectivity index (χ3n) is 2.60. The summed E-state index contributed by atoms with van der Waals surface area (Å²) in [6, 6.07) is 4.49. The Labute approximate surface area is 94.4 Å². The molecule has 1 rings (SSSR count). The zero-order valence-corrected chi connectivity index (χ0v) is 9.50. The average molecular weight is 225 g/mol. The van der Waals surface area contributed by atoms with Crippen LogP contribution in [0.25, 0.3) is 0 Å². The number of esters is 1. The second-order valence-corrected chi connectivity index (χ2v) is 3.71. The van der Waals surface area contributed by atoms with E-state index in [0.717, 1.165) is 11.1 Å². The van der Waals surface area contributed by atoms with Crippen molar-refractivity contribution >= 4 is 5.97 Å². The van der Waals surface area contributed by atoms with E-state index in [1.807, 2.05) is 0 Å². The molecule has 1 aromatic rings. The molecule has 88 valence electrons. The van der Waals surface area contributed by atoms with Crippen molar-refractivity contribution in [1.29, 1.82) is 0 Å². The maximum absolute atomic E-state index is 12.9. The number of hydrogen-bond acceptors (Lipinski definition) is 3. The lowest BCUT2D eigenvalue weighted by atomic mass is 9.92. The third kappa shape index (κ3) is 3.03. The van der Waals surface area contributed by atoms with E-state index in [4.69, 9.17) is 5.73 Å². The number of aryl methyl sites for hydroxylation is 1. The van der Waals surface area contributed by atoms with Gasteiger partial charge in [0.1, 0.15) is 5.82 Å². The van der Waals surface area contributed by atoms with Crippen molar-refractivity contribution < 1.29 is 13.9 Å². The number of nitrogens with two attached hydrogens (primary N) is 1. The van der Waals surface area contributed by atoms with Crippen LogP contribution in [0.3, 0.4) is 0 Å². The minimum absolute atomic E-state index is 0.118. The zero-order chi connectivity index (χ0) is 12.1. The molecule has 0 aromatic heterocycles. The maximum Gasteiger partial charge on any atom is 0.306 e. The first kappa shape index (κ1) is 12.6. The van der Waals surface area contributed by atoms with Gasteiger partial charge in [0.25, 0.3) is 0 Å². The molecule has 1 aromatic carbocycles. The SMILES string of the molecule is COC(=O)CC(CN)c1ccc(F)cc1C. The summed E-state index contributed by atoms with van der Waals surface area (Å²) >= 11 is 0. The van der Waals surface area contributed by atoms with Crippen molar-refractivity contribution in [3.8, 4) is 0 Å². The van der Waals surface area contributed by atoms with Gasteiger partial charge in [-0.25, -0.2) is 4.39 Å². The molecule has 1 unspecified atom stereocenters. The van der Waals surface area contributed by atoms with Gasteiger partial charge in [0.2, 0.25) is 0 Å². The Morgan fingerprint density at radius 3 is 2.75 bits per heavy atom. The molecule has 0 saturated carbocycles. The van der Waals surface area contributed by atoms with Crippen LogP contribution in [-0.2, 0) is 9.53 Å². The standard InChI is InChI=1S/C12H16FNO2/c1-8-5-10(13)3-4-11(8)9(7-14)6-12(15)16-2/h3-5,9H,6-7,14H2,1-2H3. The Kier molecular flexibility index (Phi) is 4.43. The van der Waals surface area contributed by atoms with Crippen molar-refractivity contribution in [3.05, 3.63) is 35.1 Å². The topological polar surface area (TPSA) is 52.3 Å². The monoisotopic (exact) mass is 225 g/mol. The van der Waals surface area contributed by atoms with Gasteiger partial charge in [0.05, 0.1) is 13.5 Å². The highest BCUT2D eigenvalue weighted by atomic mass is 19.1. The molecule has 1 atom stereocenters. The lowest BCUT2D eigenvalue weighted by molar-refractivity contribution is -0.141. The molecule has 0 heterocycles. The molecule has 16 heavy (non-hydrogen) atoms. The summed E-state index contributed by atoms with van der Waals surface area (Å²) in [5.74, 6) is -0.706. The van der Waals surface area contributed by atoms with Crippen molar-refractivity contribution in [2.75, 3.05) is 13.7 Å². The summed E-state index contributed by atoms with van der Waals surface area (Å²) in [5, 5.41) is 0. The van der Waals surface area contributed by atoms with Crippen LogP contribution in [0.5, 0.6) is 0 Å². The van der Waals surface area contributed by atoms with Crippen molar-refractivity contribution in [2.45, 2.75) is 19.3 Å². The molecule has 0 aliphatic heterocycles. The molecule has 0 bridgehead atoms. The predicted molar refractivity (Wildman–Crippen MR) is 59.6 cm³/mol. The van der Waals surface area contributed by atoms with E-state index in [1.165, 1.54) is 19.2 Å². The molecule has 0 fully saturated rings. The Hall–Kier alpha value is -1.42. The Balaban J connectivity index is 2.90. The Morgan fingerprint density at radius 2 is 2.25 bits per heavy atom. The molecule has 0 amide bonds. The summed E-state index contributed by atoms with van der Waals surface area (Å²) < 4.78 is 17.5. The molecule has 0 aliphatic carbocycles. The maximum atomic E-state index is 12.9. The van der Waals surface area contributed by atoms with Crippen LogP contribution in [0.15, 0.2) is 18.2 Å². The lowest BCUT2D eigenvalue weighted by Crippen LogP contribution is -2.18. The zero-order valence-electron chi connectivity index (χ0n) is 9.50. The number of ether oxygens (including phenoxy) is 1. The van der Waals surface area contributed by atoms with Gasteiger partial charge < -0.3 is 10.5 Å². The van der Waals surface area contributed by atoms with Gasteiger partial charge in [-0.1, -0.05) is 6.07 Å². The van der Waals surface area contributed by atoms with Crippen LogP contribution in [0.2, 0.25) is 0 Å². The normalized spacial score (nSPS) is 12.2. The van der Waals surface area contributed by atoms with Gasteiger partial charge >= 0.3 is 5.97 Å². The number of methoxy groups -OCH3 is 1. The number of hydrogen-bond donors (Lipinski definition) is 1. The molecule has 0 aliphatic rings. The van der Waals surface area contributed by atoms with Crippen LogP contribution in [0.4, 0.5) is 4.39 Å². The number of rotatable bonds is 4. The first-order valence-electron chi connectivity index (χ1n) is 5.11. The van der Waals surface area contributed by atoms with E-state index in [1.54, 1.807) is 13.0 Å². The fourth-order valence-electron chi connectivity index (χ4n) is 1.70. The van der Waals surface area contributed by atoms with Gasteiger partial charge in [-0.15, -0.1) is 0 Å². The van der Waals surface area contributed by atoms with E-state index in [2.05, 4.69) is 4.74 Å². The molecule has 4 heteroatoms. The summed E-state index contributed by atoms with van der Waals surface area (Å²) in [4.78, 5) is 11.2. The van der Waals surface area contributed by atoms with Crippen LogP contribution in [0.1, 0.15) is 23.5 Å². The smallest absolute Gasteiger partial charge is 0.306 e. The Morgan fingerprint density at radius 1 is 1.56 bits per heavy atom. The van der Waals surface area contributed by atoms with E-state index >= 15 is 0 Å². The van der Waals surface area contributed by atoms with E-state index < -0.39 is 0 Å². The van der Waals surface area contributed by atoms with Crippen molar-refractivity contribution in [3.63, 3.8) is 0 Å². The highest BCUT2D eigenvalue weighted by Crippen LogP contribution is 2.23. The predicted octanol–water partition coefficient (Wildman–Crippen LogP) is 1.74. The second kappa shape index (κ2) is 5.61. The van der Waals surface area contributed by atoms with Gasteiger partial charge in [0, 0.05) is 5.92 Å². The minimum Gasteiger partial charge on any atom is -0.469 e. The van der Waals surface area contributed by atoms with Gasteiger partial charge in [-0.2, -0.15) is 0 Å². The molecular formula is C12H16FNO2. The first-order chi connectivity index (χ1) is 7.58. The molecule has 0 spiro atoms. The first-order valence-corrected chi connectivity index (χ1v) is 5.11. The summed E-state index contributed by atoms with van der Waals surface area (Å²) in [7, 11) is 1.34. The third-order valence-corrected chi connectivity index (χ3v) is 2.60. The van der Waals surface area contributed by atoms with Crippen LogP contribution < -0.4 is 5.73 Å². The average Bonchev–Trinajstić information content (AvgIpc) is 2.26. The van der Waals surface area contributed by atoms with Gasteiger partial charge in [0.15, 0.2) is 0 Å². The largest absolute Gasteiger partial charge is 0.469 e. The summed E-state index contributed by atoms with van der Waals surface area (Å²) in [6.07, 6.45) is 0.222. The van der Waals surface area contributed by atoms with Gasteiger partial charge in [-0.3, -0.25) is 4.79 Å². The Bertz CT molecular complexity index is 379. The number of benzene rings is 1. The number of carbonyl (C=O) groups is 1. The van der Waals surface area contributed by atoms with Crippen LogP contribution >= 0.6 is 0 Å². The minimum atomic E-state index is -0.306. The van der Waals surface area contributed by atoms with E-state index in [-0.39, 0.29) is 24.1 Å². The molecule has 2 N–H and O–H groups in total. The molecule has 3 nitrogen and oxygen atoms in total. The van der Waals surface area contributed by atoms with Crippen molar-refractivity contribution in [2.24, 2.45) is 5.73 Å². The highest BCUT2D eigenvalue weighted by Gasteiger charge is 2.16. The van der Waals surface area contributed by atoms with Crippen molar-refractivity contribution in [1.82, 2.24) is 0 Å². The summed E-state index contributed by atoms with van der Waals surface area (Å²) in [5.41, 5.74) is 7.32. The summed E-state index contributed by atoms with van der Waals surface area (Å²) in [6.45, 7) is 2.14. The molecule has 0 saturated heterocycles. The second-order valence-electron chi connectivity index (χ2n) is 3.71. The fourth-order valence-corrected chi connectivity index (χ4v) is 1.70.